The molecule has 0 aliphatic carbocycles. The molecule has 2 atom stereocenters. The number of carbonyl (C=O) groups excluding carboxylic acids is 2. The van der Waals surface area contributed by atoms with Crippen LogP contribution in [0.2, 0.25) is 0 Å². The first-order valence-corrected chi connectivity index (χ1v) is 29.7. The lowest BCUT2D eigenvalue weighted by molar-refractivity contribution is -0.870. The molecule has 0 aromatic carbocycles. The quantitative estimate of drug-likeness (QED) is 0.0211. The second kappa shape index (κ2) is 53.5. The van der Waals surface area contributed by atoms with Gasteiger partial charge in [-0.25, -0.2) is 4.57 Å². The fourth-order valence-electron chi connectivity index (χ4n) is 6.76. The summed E-state index contributed by atoms with van der Waals surface area (Å²) >= 11 is 0. The van der Waals surface area contributed by atoms with Gasteiger partial charge in [0.15, 0.2) is 6.10 Å². The van der Waals surface area contributed by atoms with Gasteiger partial charge in [0, 0.05) is 12.8 Å². The van der Waals surface area contributed by atoms with E-state index < -0.39 is 32.5 Å². The Morgan fingerprint density at radius 3 is 1.11 bits per heavy atom. The van der Waals surface area contributed by atoms with Crippen molar-refractivity contribution >= 4 is 19.8 Å². The van der Waals surface area contributed by atoms with Gasteiger partial charge in [0.25, 0.3) is 0 Å². The second-order valence-electron chi connectivity index (χ2n) is 19.2. The summed E-state index contributed by atoms with van der Waals surface area (Å²) in [5, 5.41) is 0. The minimum atomic E-state index is -4.41. The van der Waals surface area contributed by atoms with Crippen molar-refractivity contribution < 1.29 is 42.1 Å². The highest BCUT2D eigenvalue weighted by Gasteiger charge is 2.27. The molecule has 74 heavy (non-hydrogen) atoms. The Balaban J connectivity index is 4.33. The summed E-state index contributed by atoms with van der Waals surface area (Å²) in [4.78, 5) is 35.6. The Kier molecular flexibility index (Phi) is 50.3. The van der Waals surface area contributed by atoms with Gasteiger partial charge in [0.2, 0.25) is 0 Å². The molecule has 9 nitrogen and oxygen atoms in total. The normalized spacial score (nSPS) is 14.5. The smallest absolute Gasteiger partial charge is 0.462 e. The van der Waals surface area contributed by atoms with Gasteiger partial charge in [0.05, 0.1) is 27.7 Å². The number of phosphoric ester groups is 1. The number of hydrogen-bond acceptors (Lipinski definition) is 7. The SMILES string of the molecule is CC/C=C\C/C=C\C/C=C\C/C=C\C/C=C\C/C=C\C/C=C\C/C=C\C/C=C\C/C=C\CCCCC(=O)OC(COC(=O)CCCCCCCCC/C=C\C/C=C\C/C=C\CC)COP(=O)(O)OCC[N+](C)(C)C. The van der Waals surface area contributed by atoms with Crippen molar-refractivity contribution in [1.29, 1.82) is 0 Å². The van der Waals surface area contributed by atoms with E-state index >= 15 is 0 Å². The summed E-state index contributed by atoms with van der Waals surface area (Å²) in [6.07, 6.45) is 80.3. The average Bonchev–Trinajstić information content (AvgIpc) is 3.36. The Bertz CT molecular complexity index is 1800. The van der Waals surface area contributed by atoms with Crippen molar-refractivity contribution in [3.05, 3.63) is 158 Å². The van der Waals surface area contributed by atoms with Crippen LogP contribution in [-0.4, -0.2) is 74.9 Å². The Labute approximate surface area is 452 Å². The molecule has 0 saturated carbocycles. The summed E-state index contributed by atoms with van der Waals surface area (Å²) in [5.74, 6) is -0.876. The number of allylic oxidation sites excluding steroid dienone is 26. The molecule has 416 valence electrons. The van der Waals surface area contributed by atoms with Crippen LogP contribution in [0.15, 0.2) is 158 Å². The molecule has 0 heterocycles. The minimum absolute atomic E-state index is 0.0116. The van der Waals surface area contributed by atoms with Crippen LogP contribution in [0.1, 0.15) is 181 Å². The Hall–Kier alpha value is -4.37. The molecule has 1 N–H and O–H groups in total. The minimum Gasteiger partial charge on any atom is -0.462 e. The van der Waals surface area contributed by atoms with Crippen molar-refractivity contribution in [1.82, 2.24) is 0 Å². The first-order valence-electron chi connectivity index (χ1n) is 28.2. The second-order valence-corrected chi connectivity index (χ2v) is 20.7. The zero-order valence-electron chi connectivity index (χ0n) is 47.0. The first kappa shape index (κ1) is 69.6. The molecule has 0 amide bonds. The zero-order valence-corrected chi connectivity index (χ0v) is 47.9. The van der Waals surface area contributed by atoms with E-state index in [-0.39, 0.29) is 26.1 Å². The lowest BCUT2D eigenvalue weighted by atomic mass is 10.1. The highest BCUT2D eigenvalue weighted by Crippen LogP contribution is 2.43. The van der Waals surface area contributed by atoms with E-state index in [1.54, 1.807) is 0 Å². The molecule has 2 unspecified atom stereocenters. The molecule has 10 heteroatoms. The number of unbranched alkanes of at least 4 members (excludes halogenated alkanes) is 9. The van der Waals surface area contributed by atoms with E-state index in [0.29, 0.717) is 23.9 Å². The first-order chi connectivity index (χ1) is 36.0. The number of carbonyl (C=O) groups is 2. The van der Waals surface area contributed by atoms with Crippen LogP contribution in [0.3, 0.4) is 0 Å². The fourth-order valence-corrected chi connectivity index (χ4v) is 7.50. The number of hydrogen-bond donors (Lipinski definition) is 1. The highest BCUT2D eigenvalue weighted by molar-refractivity contribution is 7.47. The summed E-state index contributed by atoms with van der Waals surface area (Å²) in [6.45, 7) is 4.11. The average molecular weight is 1050 g/mol. The highest BCUT2D eigenvalue weighted by atomic mass is 31.2. The van der Waals surface area contributed by atoms with Gasteiger partial charge < -0.3 is 18.9 Å². The number of quaternary nitrogens is 1. The van der Waals surface area contributed by atoms with Gasteiger partial charge in [-0.1, -0.05) is 204 Å². The summed E-state index contributed by atoms with van der Waals surface area (Å²) in [6, 6.07) is 0. The third-order valence-electron chi connectivity index (χ3n) is 11.1. The van der Waals surface area contributed by atoms with Crippen LogP contribution in [0.25, 0.3) is 0 Å². The zero-order chi connectivity index (χ0) is 54.2. The molecule has 0 bridgehead atoms. The van der Waals surface area contributed by atoms with Crippen molar-refractivity contribution in [3.8, 4) is 0 Å². The number of esters is 2. The Morgan fingerprint density at radius 2 is 0.730 bits per heavy atom. The van der Waals surface area contributed by atoms with Gasteiger partial charge >= 0.3 is 19.8 Å². The van der Waals surface area contributed by atoms with Crippen molar-refractivity contribution in [2.75, 3.05) is 47.5 Å². The molecule has 0 aromatic rings. The largest absolute Gasteiger partial charge is 0.472 e. The van der Waals surface area contributed by atoms with Gasteiger partial charge in [0.1, 0.15) is 19.8 Å². The summed E-state index contributed by atoms with van der Waals surface area (Å²) in [7, 11) is 1.41. The molecule has 0 aliphatic rings. The van der Waals surface area contributed by atoms with Crippen LogP contribution < -0.4 is 0 Å². The lowest BCUT2D eigenvalue weighted by Crippen LogP contribution is -2.37. The van der Waals surface area contributed by atoms with Crippen molar-refractivity contribution in [2.45, 2.75) is 187 Å². The van der Waals surface area contributed by atoms with Gasteiger partial charge in [-0.15, -0.1) is 0 Å². The summed E-state index contributed by atoms with van der Waals surface area (Å²) in [5.41, 5.74) is 0. The predicted octanol–water partition coefficient (Wildman–Crippen LogP) is 17.7. The van der Waals surface area contributed by atoms with E-state index in [1.807, 2.05) is 21.1 Å². The van der Waals surface area contributed by atoms with E-state index in [2.05, 4.69) is 172 Å². The Morgan fingerprint density at radius 1 is 0.419 bits per heavy atom. The molecular weight excluding hydrogens is 942 g/mol. The molecule has 0 rings (SSSR count). The van der Waals surface area contributed by atoms with E-state index in [9.17, 15) is 19.0 Å². The topological polar surface area (TPSA) is 108 Å². The maximum atomic E-state index is 12.8. The number of ether oxygens (including phenoxy) is 2. The maximum Gasteiger partial charge on any atom is 0.472 e. The van der Waals surface area contributed by atoms with Crippen molar-refractivity contribution in [2.24, 2.45) is 0 Å². The number of nitrogens with zero attached hydrogens (tertiary/aromatic N) is 1. The third-order valence-corrected chi connectivity index (χ3v) is 12.0. The fraction of sp³-hybridized carbons (Fsp3) is 0.562. The monoisotopic (exact) mass is 1040 g/mol. The van der Waals surface area contributed by atoms with E-state index in [0.717, 1.165) is 122 Å². The van der Waals surface area contributed by atoms with Crippen LogP contribution in [0.5, 0.6) is 0 Å². The molecule has 0 aromatic heterocycles. The molecular formula is C64H103NO8P+. The molecule has 0 radical (unpaired) electrons. The predicted molar refractivity (Wildman–Crippen MR) is 316 cm³/mol. The molecule has 0 spiro atoms. The maximum absolute atomic E-state index is 12.8. The van der Waals surface area contributed by atoms with Gasteiger partial charge in [-0.3, -0.25) is 18.6 Å². The van der Waals surface area contributed by atoms with Gasteiger partial charge in [-0.2, -0.15) is 0 Å². The van der Waals surface area contributed by atoms with Crippen molar-refractivity contribution in [3.63, 3.8) is 0 Å². The molecule has 0 fully saturated rings. The molecule has 0 aliphatic heterocycles. The molecule has 0 saturated heterocycles. The van der Waals surface area contributed by atoms with E-state index in [1.165, 1.54) is 19.3 Å². The van der Waals surface area contributed by atoms with Crippen LogP contribution in [0.4, 0.5) is 0 Å². The van der Waals surface area contributed by atoms with Crippen LogP contribution >= 0.6 is 7.82 Å². The summed E-state index contributed by atoms with van der Waals surface area (Å²) < 4.78 is 34.4. The lowest BCUT2D eigenvalue weighted by Gasteiger charge is -2.24. The van der Waals surface area contributed by atoms with Crippen LogP contribution in [0, 0.1) is 0 Å². The number of likely N-dealkylation sites (N-methyl/N-ethyl adjacent to an activating group) is 1. The van der Waals surface area contributed by atoms with Gasteiger partial charge in [-0.05, 0) is 122 Å². The standard InChI is InChI=1S/C64H102NO8P/c1-6-8-10-12-14-16-18-20-22-24-25-26-27-28-29-30-31-32-33-34-35-36-37-38-39-41-43-45-47-49-51-53-55-57-64(67)73-62(61-72-74(68,69)71-59-58-65(3,4)5)60-70-63(66)56-54-52-50-48-46-44-42-40-23-21-19-17-15-13-11-9-7-2/h8-11,14-17,20-23,25-26,28-29,31-32,34-35,37-38,41,43,47,49,62H,6-7,12-13,18-19,24,27,30,33,36,39-40,42,44-46,48,50-61H2,1-5H3/p+1/b10-8-,11-9-,16-14-,17-15-,22-20-,23-21-,26-25-,29-28-,32-31-,35-34-,38-37-,43-41-,49-47-. The number of phosphoric acid groups is 1. The third kappa shape index (κ3) is 56.9. The van der Waals surface area contributed by atoms with Crippen LogP contribution in [-0.2, 0) is 32.7 Å². The van der Waals surface area contributed by atoms with E-state index in [4.69, 9.17) is 18.5 Å². The number of rotatable bonds is 49.